The van der Waals surface area contributed by atoms with Crippen LogP contribution in [0.15, 0.2) is 41.8 Å². The van der Waals surface area contributed by atoms with Gasteiger partial charge in [0.15, 0.2) is 0 Å². The van der Waals surface area contributed by atoms with Crippen molar-refractivity contribution in [3.8, 4) is 0 Å². The first-order valence-corrected chi connectivity index (χ1v) is 7.48. The smallest absolute Gasteiger partial charge is 0.296 e. The molecule has 0 saturated carbocycles. The predicted octanol–water partition coefficient (Wildman–Crippen LogP) is 2.67. The molecule has 0 amide bonds. The van der Waals surface area contributed by atoms with Gasteiger partial charge in [-0.05, 0) is 30.2 Å². The molecule has 0 atom stereocenters. The highest BCUT2D eigenvalue weighted by atomic mass is 19.1. The summed E-state index contributed by atoms with van der Waals surface area (Å²) < 4.78 is 16.6. The molecular weight excluding hydrogens is 295 g/mol. The van der Waals surface area contributed by atoms with Crippen molar-refractivity contribution >= 4 is 11.7 Å². The van der Waals surface area contributed by atoms with Crippen LogP contribution in [0.25, 0.3) is 11.7 Å². The number of aromatic nitrogens is 4. The van der Waals surface area contributed by atoms with E-state index in [9.17, 15) is 9.18 Å². The number of rotatable bonds is 5. The normalized spacial score (nSPS) is 11.0. The first-order valence-electron chi connectivity index (χ1n) is 7.48. The summed E-state index contributed by atoms with van der Waals surface area (Å²) in [7, 11) is 0. The second-order valence-corrected chi connectivity index (χ2v) is 5.34. The van der Waals surface area contributed by atoms with Gasteiger partial charge >= 0.3 is 0 Å². The van der Waals surface area contributed by atoms with E-state index in [1.807, 2.05) is 6.92 Å². The summed E-state index contributed by atoms with van der Waals surface area (Å²) in [4.78, 5) is 12.7. The molecule has 0 aliphatic heterocycles. The lowest BCUT2D eigenvalue weighted by Gasteiger charge is -2.11. The van der Waals surface area contributed by atoms with Crippen LogP contribution < -0.4 is 5.56 Å². The Kier molecular flexibility index (Phi) is 4.06. The van der Waals surface area contributed by atoms with Crippen molar-refractivity contribution in [2.24, 2.45) is 0 Å². The molecule has 118 valence electrons. The van der Waals surface area contributed by atoms with Gasteiger partial charge in [0.25, 0.3) is 5.56 Å². The molecule has 3 aromatic rings. The highest BCUT2D eigenvalue weighted by Crippen LogP contribution is 2.10. The minimum Gasteiger partial charge on any atom is -0.300 e. The molecule has 0 aliphatic carbocycles. The van der Waals surface area contributed by atoms with Crippen LogP contribution in [0.4, 0.5) is 4.39 Å². The van der Waals surface area contributed by atoms with Gasteiger partial charge in [0.2, 0.25) is 5.65 Å². The van der Waals surface area contributed by atoms with E-state index in [4.69, 9.17) is 0 Å². The standard InChI is InChI=1S/C17H17FN4O/c1-3-6-15-19-20-16-17(23)21(14(4-2)11-22(15)16)10-12-7-5-8-13(18)9-12/h4-5,7-9,11H,2-3,6,10H2,1H3. The maximum absolute atomic E-state index is 13.4. The molecule has 23 heavy (non-hydrogen) atoms. The van der Waals surface area contributed by atoms with Crippen LogP contribution in [0.3, 0.4) is 0 Å². The number of hydrogen-bond donors (Lipinski definition) is 0. The second-order valence-electron chi connectivity index (χ2n) is 5.34. The lowest BCUT2D eigenvalue weighted by molar-refractivity contribution is 0.622. The third-order valence-corrected chi connectivity index (χ3v) is 3.69. The number of hydrogen-bond acceptors (Lipinski definition) is 3. The largest absolute Gasteiger partial charge is 0.300 e. The molecule has 6 heteroatoms. The van der Waals surface area contributed by atoms with Crippen LogP contribution in [0, 0.1) is 5.82 Å². The SMILES string of the molecule is C=Cc1cn2c(CCC)nnc2c(=O)n1Cc1cccc(F)c1. The maximum Gasteiger partial charge on any atom is 0.296 e. The Morgan fingerprint density at radius 3 is 2.87 bits per heavy atom. The quantitative estimate of drug-likeness (QED) is 0.728. The fourth-order valence-electron chi connectivity index (χ4n) is 2.58. The van der Waals surface area contributed by atoms with Crippen molar-refractivity contribution in [3.63, 3.8) is 0 Å². The minimum atomic E-state index is -0.329. The highest BCUT2D eigenvalue weighted by molar-refractivity contribution is 5.46. The van der Waals surface area contributed by atoms with Gasteiger partial charge in [0.1, 0.15) is 11.6 Å². The molecule has 0 fully saturated rings. The Morgan fingerprint density at radius 2 is 2.17 bits per heavy atom. The summed E-state index contributed by atoms with van der Waals surface area (Å²) in [5.41, 5.74) is 1.36. The second kappa shape index (κ2) is 6.16. The third kappa shape index (κ3) is 2.79. The summed E-state index contributed by atoms with van der Waals surface area (Å²) in [6.07, 6.45) is 5.06. The molecule has 0 spiro atoms. The molecule has 0 saturated heterocycles. The van der Waals surface area contributed by atoms with Gasteiger partial charge in [-0.2, -0.15) is 0 Å². The van der Waals surface area contributed by atoms with Gasteiger partial charge < -0.3 is 0 Å². The number of benzene rings is 1. The lowest BCUT2D eigenvalue weighted by Crippen LogP contribution is -2.25. The summed E-state index contributed by atoms with van der Waals surface area (Å²) in [6, 6.07) is 6.19. The van der Waals surface area contributed by atoms with Crippen LogP contribution >= 0.6 is 0 Å². The van der Waals surface area contributed by atoms with Crippen LogP contribution in [0.1, 0.15) is 30.4 Å². The van der Waals surface area contributed by atoms with Crippen LogP contribution in [0.5, 0.6) is 0 Å². The maximum atomic E-state index is 13.4. The first kappa shape index (κ1) is 15.1. The van der Waals surface area contributed by atoms with E-state index in [1.54, 1.807) is 28.8 Å². The molecule has 3 rings (SSSR count). The Labute approximate surface area is 132 Å². The topological polar surface area (TPSA) is 52.2 Å². The number of nitrogens with zero attached hydrogens (tertiary/aromatic N) is 4. The van der Waals surface area contributed by atoms with Crippen molar-refractivity contribution < 1.29 is 4.39 Å². The molecule has 0 N–H and O–H groups in total. The third-order valence-electron chi connectivity index (χ3n) is 3.69. The first-order chi connectivity index (χ1) is 11.1. The summed E-state index contributed by atoms with van der Waals surface area (Å²) in [5.74, 6) is 0.421. The zero-order valence-electron chi connectivity index (χ0n) is 12.9. The summed E-state index contributed by atoms with van der Waals surface area (Å²) >= 11 is 0. The fourth-order valence-corrected chi connectivity index (χ4v) is 2.58. The van der Waals surface area contributed by atoms with Gasteiger partial charge in [-0.25, -0.2) is 4.39 Å². The van der Waals surface area contributed by atoms with E-state index in [-0.39, 0.29) is 23.6 Å². The number of aryl methyl sites for hydroxylation is 1. The molecule has 2 aromatic heterocycles. The zero-order chi connectivity index (χ0) is 16.4. The average molecular weight is 312 g/mol. The van der Waals surface area contributed by atoms with Crippen molar-refractivity contribution in [2.75, 3.05) is 0 Å². The lowest BCUT2D eigenvalue weighted by atomic mass is 10.2. The van der Waals surface area contributed by atoms with Crippen molar-refractivity contribution in [1.82, 2.24) is 19.2 Å². The monoisotopic (exact) mass is 312 g/mol. The average Bonchev–Trinajstić information content (AvgIpc) is 2.93. The number of halogens is 1. The molecular formula is C17H17FN4O. The molecule has 2 heterocycles. The molecule has 0 radical (unpaired) electrons. The molecule has 0 aliphatic rings. The summed E-state index contributed by atoms with van der Waals surface area (Å²) in [6.45, 7) is 6.07. The van der Waals surface area contributed by atoms with Crippen LogP contribution in [0.2, 0.25) is 0 Å². The van der Waals surface area contributed by atoms with E-state index in [0.29, 0.717) is 11.3 Å². The van der Waals surface area contributed by atoms with E-state index >= 15 is 0 Å². The Hall–Kier alpha value is -2.76. The highest BCUT2D eigenvalue weighted by Gasteiger charge is 2.13. The molecule has 0 bridgehead atoms. The van der Waals surface area contributed by atoms with Gasteiger partial charge in [0, 0.05) is 12.6 Å². The van der Waals surface area contributed by atoms with Crippen molar-refractivity contribution in [2.45, 2.75) is 26.3 Å². The van der Waals surface area contributed by atoms with Crippen molar-refractivity contribution in [1.29, 1.82) is 0 Å². The van der Waals surface area contributed by atoms with Gasteiger partial charge in [-0.3, -0.25) is 13.8 Å². The van der Waals surface area contributed by atoms with Crippen LogP contribution in [-0.2, 0) is 13.0 Å². The molecule has 0 unspecified atom stereocenters. The Morgan fingerprint density at radius 1 is 1.35 bits per heavy atom. The van der Waals surface area contributed by atoms with Crippen molar-refractivity contribution in [3.05, 3.63) is 70.3 Å². The van der Waals surface area contributed by atoms with E-state index < -0.39 is 0 Å². The molecule has 5 nitrogen and oxygen atoms in total. The van der Waals surface area contributed by atoms with Crippen LogP contribution in [-0.4, -0.2) is 19.2 Å². The molecule has 1 aromatic carbocycles. The van der Waals surface area contributed by atoms with E-state index in [0.717, 1.165) is 18.7 Å². The van der Waals surface area contributed by atoms with Gasteiger partial charge in [0.05, 0.1) is 12.2 Å². The zero-order valence-corrected chi connectivity index (χ0v) is 12.9. The summed E-state index contributed by atoms with van der Waals surface area (Å²) in [5, 5.41) is 8.09. The Balaban J connectivity index is 2.15. The predicted molar refractivity (Wildman–Crippen MR) is 86.8 cm³/mol. The number of fused-ring (bicyclic) bond motifs is 1. The Bertz CT molecular complexity index is 926. The minimum absolute atomic E-state index is 0.254. The van der Waals surface area contributed by atoms with E-state index in [2.05, 4.69) is 16.8 Å². The van der Waals surface area contributed by atoms with Gasteiger partial charge in [-0.15, -0.1) is 10.2 Å². The van der Waals surface area contributed by atoms with E-state index in [1.165, 1.54) is 16.7 Å². The fraction of sp³-hybridized carbons (Fsp3) is 0.235. The van der Waals surface area contributed by atoms with Gasteiger partial charge in [-0.1, -0.05) is 25.6 Å².